The number of nitrogens with one attached hydrogen (secondary N) is 1. The lowest BCUT2D eigenvalue weighted by Gasteiger charge is -2.48. The monoisotopic (exact) mass is 1150 g/mol. The third-order valence-corrected chi connectivity index (χ3v) is 14.7. The topological polar surface area (TPSA) is 307 Å². The Bertz CT molecular complexity index is 1810. The highest BCUT2D eigenvalue weighted by molar-refractivity contribution is 5.76. The smallest absolute Gasteiger partial charge is 0.220 e. The third-order valence-electron chi connectivity index (χ3n) is 14.7. The van der Waals surface area contributed by atoms with Crippen molar-refractivity contribution in [2.45, 2.75) is 272 Å². The fourth-order valence-corrected chi connectivity index (χ4v) is 9.71. The van der Waals surface area contributed by atoms with Crippen LogP contribution >= 0.6 is 0 Å². The number of carbonyl (C=O) groups excluding carboxylic acids is 1. The number of rotatable bonds is 43. The largest absolute Gasteiger partial charge is 0.394 e. The summed E-state index contributed by atoms with van der Waals surface area (Å²) >= 11 is 0. The van der Waals surface area contributed by atoms with Crippen LogP contribution in [0.2, 0.25) is 0 Å². The summed E-state index contributed by atoms with van der Waals surface area (Å²) in [5, 5.41) is 120. The van der Waals surface area contributed by atoms with Crippen molar-refractivity contribution in [1.82, 2.24) is 5.32 Å². The average molecular weight is 1150 g/mol. The third kappa shape index (κ3) is 28.1. The summed E-state index contributed by atoms with van der Waals surface area (Å²) in [5.41, 5.74) is 0. The summed E-state index contributed by atoms with van der Waals surface area (Å²) in [7, 11) is 0. The second-order valence-corrected chi connectivity index (χ2v) is 21.4. The van der Waals surface area contributed by atoms with E-state index in [-0.39, 0.29) is 12.3 Å². The molecule has 3 aliphatic rings. The zero-order valence-corrected chi connectivity index (χ0v) is 48.5. The number of allylic oxidation sites excluding steroid dienone is 13. The molecule has 3 fully saturated rings. The zero-order chi connectivity index (χ0) is 59.0. The number of hydrogen-bond donors (Lipinski definition) is 12. The van der Waals surface area contributed by atoms with Crippen LogP contribution in [0, 0.1) is 0 Å². The van der Waals surface area contributed by atoms with Gasteiger partial charge < -0.3 is 89.9 Å². The minimum Gasteiger partial charge on any atom is -0.394 e. The molecule has 0 aromatic heterocycles. The van der Waals surface area contributed by atoms with Crippen molar-refractivity contribution in [3.63, 3.8) is 0 Å². The molecule has 0 aromatic carbocycles. The van der Waals surface area contributed by atoms with Crippen LogP contribution in [0.25, 0.3) is 0 Å². The highest BCUT2D eigenvalue weighted by Crippen LogP contribution is 2.33. The Morgan fingerprint density at radius 1 is 0.457 bits per heavy atom. The van der Waals surface area contributed by atoms with E-state index in [1.165, 1.54) is 77.0 Å². The molecule has 0 aromatic rings. The number of amides is 1. The fourth-order valence-electron chi connectivity index (χ4n) is 9.71. The molecule has 1 amide bonds. The Morgan fingerprint density at radius 3 is 1.38 bits per heavy atom. The molecule has 0 aliphatic carbocycles. The van der Waals surface area contributed by atoms with Gasteiger partial charge in [0.25, 0.3) is 0 Å². The molecule has 12 N–H and O–H groups in total. The minimum atomic E-state index is -1.99. The molecule has 17 unspecified atom stereocenters. The van der Waals surface area contributed by atoms with E-state index in [0.29, 0.717) is 19.3 Å². The fraction of sp³-hybridized carbons (Fsp3) is 0.758. The predicted octanol–water partition coefficient (Wildman–Crippen LogP) is 5.59. The second-order valence-electron chi connectivity index (χ2n) is 21.4. The van der Waals surface area contributed by atoms with Crippen LogP contribution < -0.4 is 5.32 Å². The van der Waals surface area contributed by atoms with Gasteiger partial charge in [-0.1, -0.05) is 176 Å². The molecule has 19 nitrogen and oxygen atoms in total. The maximum Gasteiger partial charge on any atom is 0.220 e. The Kier molecular flexibility index (Phi) is 39.6. The molecule has 0 spiro atoms. The Morgan fingerprint density at radius 2 is 0.864 bits per heavy atom. The minimum absolute atomic E-state index is 0.152. The molecular weight excluding hydrogens is 1050 g/mol. The summed E-state index contributed by atoms with van der Waals surface area (Å²) in [6.45, 7) is 1.53. The van der Waals surface area contributed by atoms with Crippen LogP contribution in [-0.2, 0) is 33.2 Å². The van der Waals surface area contributed by atoms with Crippen LogP contribution in [0.4, 0.5) is 0 Å². The van der Waals surface area contributed by atoms with Crippen molar-refractivity contribution in [1.29, 1.82) is 0 Å². The van der Waals surface area contributed by atoms with E-state index in [1.807, 2.05) is 18.2 Å². The molecule has 3 aliphatic heterocycles. The second kappa shape index (κ2) is 44.4. The summed E-state index contributed by atoms with van der Waals surface area (Å²) < 4.78 is 34.2. The highest BCUT2D eigenvalue weighted by atomic mass is 16.8. The predicted molar refractivity (Wildman–Crippen MR) is 309 cm³/mol. The van der Waals surface area contributed by atoms with Crippen LogP contribution in [0.1, 0.15) is 168 Å². The summed E-state index contributed by atoms with van der Waals surface area (Å²) in [6.07, 6.45) is 27.2. The standard InChI is InChI=1S/C62H105NO18/c1-3-5-7-9-11-13-15-17-19-21-22-24-25-27-29-31-33-35-37-39-46(67)45(63-50(68)40-38-36-34-32-30-28-26-23-20-18-16-14-12-10-8-6-4-2)44-76-60-56(74)53(71)58(48(42-65)78-60)81-62-57(75)54(72)59(49(43-66)79-62)80-61-55(73)52(70)51(69)47(41-64)77-61/h6,8,12,14,18,20,26,28-29,31-32,34,37,39,45-49,51-62,64-67,69-75H,3-5,7,9-11,13,15-17,19,21-25,27,30,33,35-36,38,40-44H2,1-2H3,(H,63,68)/b8-6-,14-12-,20-18-,28-26-,31-29+,34-32-,39-37+. The Balaban J connectivity index is 1.54. The number of ether oxygens (including phenoxy) is 6. The van der Waals surface area contributed by atoms with E-state index in [9.17, 15) is 61.0 Å². The van der Waals surface area contributed by atoms with Gasteiger partial charge in [-0.2, -0.15) is 0 Å². The van der Waals surface area contributed by atoms with Gasteiger partial charge in [-0.05, 0) is 70.6 Å². The number of aliphatic hydroxyl groups excluding tert-OH is 11. The quantitative estimate of drug-likeness (QED) is 0.0261. The molecule has 19 heteroatoms. The first-order valence-electron chi connectivity index (χ1n) is 30.3. The number of hydrogen-bond acceptors (Lipinski definition) is 18. The van der Waals surface area contributed by atoms with E-state index >= 15 is 0 Å². The van der Waals surface area contributed by atoms with Gasteiger partial charge in [-0.3, -0.25) is 4.79 Å². The average Bonchev–Trinajstić information content (AvgIpc) is 3.47. The van der Waals surface area contributed by atoms with Gasteiger partial charge in [0, 0.05) is 6.42 Å². The zero-order valence-electron chi connectivity index (χ0n) is 48.5. The summed E-state index contributed by atoms with van der Waals surface area (Å²) in [6, 6.07) is -1.02. The molecule has 17 atom stereocenters. The van der Waals surface area contributed by atoms with E-state index < -0.39 is 131 Å². The van der Waals surface area contributed by atoms with Crippen molar-refractivity contribution in [2.75, 3.05) is 26.4 Å². The molecule has 466 valence electrons. The Hall–Kier alpha value is -3.03. The number of unbranched alkanes of at least 4 members (excludes halogenated alkanes) is 15. The molecule has 0 radical (unpaired) electrons. The van der Waals surface area contributed by atoms with Gasteiger partial charge in [-0.25, -0.2) is 0 Å². The first kappa shape index (κ1) is 72.2. The lowest BCUT2D eigenvalue weighted by atomic mass is 9.96. The van der Waals surface area contributed by atoms with Gasteiger partial charge in [-0.15, -0.1) is 0 Å². The Labute approximate surface area is 482 Å². The van der Waals surface area contributed by atoms with E-state index in [1.54, 1.807) is 6.08 Å². The highest BCUT2D eigenvalue weighted by Gasteiger charge is 2.53. The molecular formula is C62H105NO18. The molecule has 81 heavy (non-hydrogen) atoms. The van der Waals surface area contributed by atoms with Crippen LogP contribution in [-0.4, -0.2) is 193 Å². The van der Waals surface area contributed by atoms with Crippen molar-refractivity contribution in [3.05, 3.63) is 85.1 Å². The lowest BCUT2D eigenvalue weighted by molar-refractivity contribution is -0.379. The maximum atomic E-state index is 13.3. The van der Waals surface area contributed by atoms with Gasteiger partial charge in [0.2, 0.25) is 5.91 Å². The van der Waals surface area contributed by atoms with Gasteiger partial charge in [0.05, 0.1) is 38.6 Å². The van der Waals surface area contributed by atoms with Crippen molar-refractivity contribution >= 4 is 5.91 Å². The van der Waals surface area contributed by atoms with Gasteiger partial charge >= 0.3 is 0 Å². The van der Waals surface area contributed by atoms with E-state index in [4.69, 9.17) is 28.4 Å². The number of carbonyl (C=O) groups is 1. The summed E-state index contributed by atoms with van der Waals surface area (Å²) in [5.74, 6) is -0.346. The van der Waals surface area contributed by atoms with Crippen molar-refractivity contribution in [2.24, 2.45) is 0 Å². The molecule has 3 heterocycles. The van der Waals surface area contributed by atoms with Crippen molar-refractivity contribution in [3.8, 4) is 0 Å². The van der Waals surface area contributed by atoms with Crippen molar-refractivity contribution < 1.29 is 89.4 Å². The van der Waals surface area contributed by atoms with E-state index in [2.05, 4.69) is 79.9 Å². The first-order chi connectivity index (χ1) is 39.3. The SMILES string of the molecule is CC/C=C\C/C=C\C/C=C\C/C=C\C/C=C\CCCC(=O)NC(COC1OC(CO)C(OC2OC(CO)C(OC3OC(CO)C(O)C(O)C3O)C(O)C2O)C(O)C1O)C(O)/C=C/CC/C=C/CCCCCCCCCCCCCCC. The molecule has 0 bridgehead atoms. The van der Waals surface area contributed by atoms with E-state index in [0.717, 1.165) is 51.4 Å². The normalized spacial score (nSPS) is 30.4. The molecule has 3 saturated heterocycles. The maximum absolute atomic E-state index is 13.3. The van der Waals surface area contributed by atoms with Gasteiger partial charge in [0.1, 0.15) is 73.2 Å². The summed E-state index contributed by atoms with van der Waals surface area (Å²) in [4.78, 5) is 13.3. The molecule has 0 saturated carbocycles. The van der Waals surface area contributed by atoms with Crippen LogP contribution in [0.3, 0.4) is 0 Å². The number of aliphatic hydroxyl groups is 11. The first-order valence-corrected chi connectivity index (χ1v) is 30.3. The van der Waals surface area contributed by atoms with Crippen LogP contribution in [0.15, 0.2) is 85.1 Å². The molecule has 3 rings (SSSR count). The van der Waals surface area contributed by atoms with Crippen LogP contribution in [0.5, 0.6) is 0 Å². The lowest BCUT2D eigenvalue weighted by Crippen LogP contribution is -2.66. The van der Waals surface area contributed by atoms with Gasteiger partial charge in [0.15, 0.2) is 18.9 Å².